The maximum atomic E-state index is 13.4. The maximum Gasteiger partial charge on any atom is 0.287 e. The Morgan fingerprint density at radius 2 is 1.77 bits per heavy atom. The van der Waals surface area contributed by atoms with Crippen LogP contribution in [0.4, 0.5) is 4.39 Å². The van der Waals surface area contributed by atoms with E-state index in [4.69, 9.17) is 9.15 Å². The van der Waals surface area contributed by atoms with Crippen molar-refractivity contribution in [1.29, 1.82) is 0 Å². The van der Waals surface area contributed by atoms with Gasteiger partial charge >= 0.3 is 0 Å². The second-order valence-electron chi connectivity index (χ2n) is 8.06. The van der Waals surface area contributed by atoms with Gasteiger partial charge in [-0.15, -0.1) is 0 Å². The van der Waals surface area contributed by atoms with Crippen LogP contribution in [0.15, 0.2) is 52.9 Å². The summed E-state index contributed by atoms with van der Waals surface area (Å²) in [5.41, 5.74) is 1.35. The van der Waals surface area contributed by atoms with Gasteiger partial charge in [-0.05, 0) is 36.6 Å². The molecule has 0 unspecified atom stereocenters. The number of fused-ring (bicyclic) bond motifs is 1. The van der Waals surface area contributed by atoms with E-state index in [1.54, 1.807) is 36.4 Å². The zero-order valence-electron chi connectivity index (χ0n) is 17.2. The average molecular weight is 446 g/mol. The minimum atomic E-state index is -3.38. The van der Waals surface area contributed by atoms with E-state index in [9.17, 15) is 17.6 Å². The Hall–Kier alpha value is -2.71. The molecule has 1 fully saturated rings. The quantitative estimate of drug-likeness (QED) is 0.627. The van der Waals surface area contributed by atoms with Crippen molar-refractivity contribution in [1.82, 2.24) is 5.32 Å². The van der Waals surface area contributed by atoms with E-state index in [2.05, 4.69) is 5.32 Å². The first-order chi connectivity index (χ1) is 14.8. The van der Waals surface area contributed by atoms with Crippen molar-refractivity contribution in [3.63, 3.8) is 0 Å². The molecule has 0 radical (unpaired) electrons. The molecular formula is C23H24FNO5S. The van der Waals surface area contributed by atoms with E-state index in [0.717, 1.165) is 11.8 Å². The Kier molecular flexibility index (Phi) is 5.85. The van der Waals surface area contributed by atoms with Crippen LogP contribution in [-0.4, -0.2) is 40.3 Å². The van der Waals surface area contributed by atoms with Gasteiger partial charge in [0.2, 0.25) is 0 Å². The topological polar surface area (TPSA) is 85.6 Å². The molecular weight excluding hydrogens is 421 g/mol. The van der Waals surface area contributed by atoms with E-state index >= 15 is 0 Å². The molecule has 1 aromatic heterocycles. The monoisotopic (exact) mass is 445 g/mol. The fourth-order valence-corrected chi connectivity index (χ4v) is 4.96. The zero-order chi connectivity index (χ0) is 22.1. The Morgan fingerprint density at radius 1 is 1.10 bits per heavy atom. The van der Waals surface area contributed by atoms with E-state index in [0.29, 0.717) is 49.1 Å². The molecule has 164 valence electrons. The molecule has 3 aromatic rings. The summed E-state index contributed by atoms with van der Waals surface area (Å²) in [6.07, 6.45) is 2.48. The number of para-hydroxylation sites is 1. The van der Waals surface area contributed by atoms with Gasteiger partial charge in [0.25, 0.3) is 5.91 Å². The fourth-order valence-electron chi connectivity index (χ4n) is 4.15. The lowest BCUT2D eigenvalue weighted by molar-refractivity contribution is 0.0484. The van der Waals surface area contributed by atoms with Gasteiger partial charge in [-0.1, -0.05) is 30.3 Å². The molecule has 0 spiro atoms. The van der Waals surface area contributed by atoms with Crippen LogP contribution in [0.25, 0.3) is 11.0 Å². The highest BCUT2D eigenvalue weighted by Crippen LogP contribution is 2.35. The molecule has 0 aliphatic carbocycles. The minimum absolute atomic E-state index is 0.00735. The molecule has 2 heterocycles. The number of carbonyl (C=O) groups is 1. The molecule has 0 atom stereocenters. The number of carbonyl (C=O) groups excluding carboxylic acids is 1. The highest BCUT2D eigenvalue weighted by atomic mass is 32.2. The van der Waals surface area contributed by atoms with Crippen LogP contribution in [0.5, 0.6) is 0 Å². The van der Waals surface area contributed by atoms with Gasteiger partial charge in [0, 0.05) is 42.4 Å². The van der Waals surface area contributed by atoms with E-state index in [1.165, 1.54) is 12.1 Å². The van der Waals surface area contributed by atoms with Crippen molar-refractivity contribution in [2.24, 2.45) is 0 Å². The predicted molar refractivity (Wildman–Crippen MR) is 115 cm³/mol. The summed E-state index contributed by atoms with van der Waals surface area (Å²) in [7, 11) is -3.38. The van der Waals surface area contributed by atoms with Gasteiger partial charge in [0.15, 0.2) is 15.6 Å². The third-order valence-corrected chi connectivity index (χ3v) is 6.62. The first-order valence-electron chi connectivity index (χ1n) is 10.1. The molecule has 8 heteroatoms. The van der Waals surface area contributed by atoms with Gasteiger partial charge in [-0.2, -0.15) is 0 Å². The molecule has 1 aliphatic rings. The molecule has 1 aliphatic heterocycles. The minimum Gasteiger partial charge on any atom is -0.451 e. The molecule has 1 saturated heterocycles. The van der Waals surface area contributed by atoms with Crippen molar-refractivity contribution in [3.8, 4) is 0 Å². The number of furan rings is 1. The molecule has 2 aromatic carbocycles. The van der Waals surface area contributed by atoms with Gasteiger partial charge in [0.1, 0.15) is 11.4 Å². The van der Waals surface area contributed by atoms with Crippen LogP contribution in [0.2, 0.25) is 0 Å². The average Bonchev–Trinajstić information content (AvgIpc) is 3.10. The van der Waals surface area contributed by atoms with Crippen molar-refractivity contribution in [3.05, 3.63) is 71.2 Å². The standard InChI is InChI=1S/C23H24FNO5S/c1-31(27,28)14-19-18-4-2-3-5-20(18)30-21(19)22(26)25-15-23(10-12-29-13-11-23)16-6-8-17(24)9-7-16/h2-9H,10-15H2,1H3,(H,25,26). The van der Waals surface area contributed by atoms with Crippen LogP contribution >= 0.6 is 0 Å². The Balaban J connectivity index is 1.63. The second kappa shape index (κ2) is 8.43. The molecule has 31 heavy (non-hydrogen) atoms. The summed E-state index contributed by atoms with van der Waals surface area (Å²) in [4.78, 5) is 13.1. The Labute approximate surface area is 180 Å². The molecule has 0 saturated carbocycles. The van der Waals surface area contributed by atoms with Crippen LogP contribution in [0.3, 0.4) is 0 Å². The van der Waals surface area contributed by atoms with E-state index in [1.807, 2.05) is 0 Å². The maximum absolute atomic E-state index is 13.4. The van der Waals surface area contributed by atoms with Gasteiger partial charge in [-0.25, -0.2) is 12.8 Å². The summed E-state index contributed by atoms with van der Waals surface area (Å²) < 4.78 is 48.6. The summed E-state index contributed by atoms with van der Waals surface area (Å²) in [6, 6.07) is 13.3. The smallest absolute Gasteiger partial charge is 0.287 e. The molecule has 0 bridgehead atoms. The van der Waals surface area contributed by atoms with Crippen LogP contribution < -0.4 is 5.32 Å². The van der Waals surface area contributed by atoms with Gasteiger partial charge in [-0.3, -0.25) is 4.79 Å². The highest BCUT2D eigenvalue weighted by molar-refractivity contribution is 7.89. The van der Waals surface area contributed by atoms with Crippen LogP contribution in [0, 0.1) is 5.82 Å². The highest BCUT2D eigenvalue weighted by Gasteiger charge is 2.35. The first-order valence-corrected chi connectivity index (χ1v) is 12.1. The number of nitrogens with one attached hydrogen (secondary N) is 1. The molecule has 1 amide bonds. The van der Waals surface area contributed by atoms with Crippen LogP contribution in [0.1, 0.15) is 34.5 Å². The van der Waals surface area contributed by atoms with Crippen molar-refractivity contribution < 1.29 is 26.8 Å². The Morgan fingerprint density at radius 3 is 2.45 bits per heavy atom. The molecule has 1 N–H and O–H groups in total. The van der Waals surface area contributed by atoms with Gasteiger partial charge in [0.05, 0.1) is 5.75 Å². The number of hydrogen-bond donors (Lipinski definition) is 1. The third-order valence-electron chi connectivity index (χ3n) is 5.80. The summed E-state index contributed by atoms with van der Waals surface area (Å²) >= 11 is 0. The SMILES string of the molecule is CS(=O)(=O)Cc1c(C(=O)NCC2(c3ccc(F)cc3)CCOCC2)oc2ccccc12. The normalized spacial score (nSPS) is 16.3. The van der Waals surface area contributed by atoms with E-state index < -0.39 is 21.2 Å². The number of hydrogen-bond acceptors (Lipinski definition) is 5. The lowest BCUT2D eigenvalue weighted by Gasteiger charge is -2.37. The molecule has 4 rings (SSSR count). The Bertz CT molecular complexity index is 1190. The summed E-state index contributed by atoms with van der Waals surface area (Å²) in [6.45, 7) is 1.38. The fraction of sp³-hybridized carbons (Fsp3) is 0.348. The van der Waals surface area contributed by atoms with E-state index in [-0.39, 0.29) is 17.3 Å². The summed E-state index contributed by atoms with van der Waals surface area (Å²) in [5, 5.41) is 3.54. The number of benzene rings is 2. The number of rotatable bonds is 6. The summed E-state index contributed by atoms with van der Waals surface area (Å²) in [5.74, 6) is -1.07. The van der Waals surface area contributed by atoms with Crippen LogP contribution in [-0.2, 0) is 25.7 Å². The lowest BCUT2D eigenvalue weighted by Crippen LogP contribution is -2.44. The predicted octanol–water partition coefficient (Wildman–Crippen LogP) is 3.59. The largest absolute Gasteiger partial charge is 0.451 e. The zero-order valence-corrected chi connectivity index (χ0v) is 18.0. The van der Waals surface area contributed by atoms with Crippen molar-refractivity contribution >= 4 is 26.7 Å². The number of ether oxygens (including phenoxy) is 1. The number of sulfone groups is 1. The van der Waals surface area contributed by atoms with Crippen molar-refractivity contribution in [2.45, 2.75) is 24.0 Å². The number of halogens is 1. The van der Waals surface area contributed by atoms with Crippen molar-refractivity contribution in [2.75, 3.05) is 26.0 Å². The second-order valence-corrected chi connectivity index (χ2v) is 10.2. The third kappa shape index (κ3) is 4.65. The lowest BCUT2D eigenvalue weighted by atomic mass is 9.74. The first kappa shape index (κ1) is 21.5. The molecule has 6 nitrogen and oxygen atoms in total. The van der Waals surface area contributed by atoms with Gasteiger partial charge < -0.3 is 14.5 Å². The number of amides is 1.